The molecule has 1 atom stereocenters. The van der Waals surface area contributed by atoms with Crippen molar-refractivity contribution in [2.75, 3.05) is 33.4 Å². The molecule has 1 aliphatic rings. The number of nitrogens with two attached hydrogens (primary N) is 1. The van der Waals surface area contributed by atoms with Crippen LogP contribution in [0.5, 0.6) is 0 Å². The van der Waals surface area contributed by atoms with E-state index in [2.05, 4.69) is 10.6 Å². The third-order valence-corrected chi connectivity index (χ3v) is 3.14. The molecule has 1 fully saturated rings. The second kappa shape index (κ2) is 9.11. The Morgan fingerprint density at radius 2 is 1.82 bits per heavy atom. The Hall–Kier alpha value is -2.00. The quantitative estimate of drug-likeness (QED) is 0.325. The first-order chi connectivity index (χ1) is 10.5. The van der Waals surface area contributed by atoms with Gasteiger partial charge in [-0.25, -0.2) is 0 Å². The highest BCUT2D eigenvalue weighted by Crippen LogP contribution is 2.11. The van der Waals surface area contributed by atoms with E-state index in [1.54, 1.807) is 0 Å². The molecule has 1 heterocycles. The number of nitrogens with one attached hydrogen (secondary N) is 2. The highest BCUT2D eigenvalue weighted by molar-refractivity contribution is 6.05. The van der Waals surface area contributed by atoms with Gasteiger partial charge in [-0.3, -0.25) is 24.1 Å². The molecular weight excluding hydrogens is 292 g/mol. The number of ether oxygens (including phenoxy) is 1. The fraction of sp³-hybridized carbons (Fsp3) is 0.692. The number of hydrogen-bond donors (Lipinski definition) is 3. The normalized spacial score (nSPS) is 17.7. The molecule has 0 spiro atoms. The lowest BCUT2D eigenvalue weighted by molar-refractivity contribution is -0.139. The highest BCUT2D eigenvalue weighted by atomic mass is 16.5. The predicted molar refractivity (Wildman–Crippen MR) is 76.4 cm³/mol. The molecule has 4 amide bonds. The summed E-state index contributed by atoms with van der Waals surface area (Å²) in [7, 11) is 1.51. The number of methoxy groups -OCH3 is 1. The summed E-state index contributed by atoms with van der Waals surface area (Å²) in [5.74, 6) is -1.25. The third kappa shape index (κ3) is 5.78. The molecule has 0 aromatic rings. The van der Waals surface area contributed by atoms with Gasteiger partial charge in [-0.1, -0.05) is 0 Å². The van der Waals surface area contributed by atoms with Crippen LogP contribution in [0, 0.1) is 0 Å². The summed E-state index contributed by atoms with van der Waals surface area (Å²) in [5.41, 5.74) is 5.46. The molecule has 124 valence electrons. The molecule has 0 aromatic carbocycles. The summed E-state index contributed by atoms with van der Waals surface area (Å²) in [6.07, 6.45) is 0.277. The molecule has 1 rings (SSSR count). The molecule has 1 unspecified atom stereocenters. The van der Waals surface area contributed by atoms with Gasteiger partial charge >= 0.3 is 0 Å². The van der Waals surface area contributed by atoms with Crippen molar-refractivity contribution in [1.82, 2.24) is 15.5 Å². The monoisotopic (exact) mass is 314 g/mol. The fourth-order valence-electron chi connectivity index (χ4n) is 1.93. The van der Waals surface area contributed by atoms with Crippen LogP contribution in [0.1, 0.15) is 19.3 Å². The molecule has 9 heteroatoms. The van der Waals surface area contributed by atoms with E-state index in [0.29, 0.717) is 13.2 Å². The average molecular weight is 314 g/mol. The molecule has 0 bridgehead atoms. The zero-order valence-corrected chi connectivity index (χ0v) is 12.6. The van der Waals surface area contributed by atoms with Crippen molar-refractivity contribution in [3.05, 3.63) is 0 Å². The van der Waals surface area contributed by atoms with Gasteiger partial charge in [0.1, 0.15) is 0 Å². The third-order valence-electron chi connectivity index (χ3n) is 3.14. The molecule has 0 saturated carbocycles. The molecule has 9 nitrogen and oxygen atoms in total. The molecule has 0 radical (unpaired) electrons. The van der Waals surface area contributed by atoms with Crippen LogP contribution in [-0.4, -0.2) is 67.9 Å². The lowest BCUT2D eigenvalue weighted by atomic mass is 10.3. The van der Waals surface area contributed by atoms with Gasteiger partial charge in [-0.15, -0.1) is 0 Å². The number of hydrogen-bond acceptors (Lipinski definition) is 6. The average Bonchev–Trinajstić information content (AvgIpc) is 2.72. The van der Waals surface area contributed by atoms with Crippen molar-refractivity contribution in [3.8, 4) is 0 Å². The van der Waals surface area contributed by atoms with Crippen LogP contribution in [0.3, 0.4) is 0 Å². The van der Waals surface area contributed by atoms with Gasteiger partial charge in [0.25, 0.3) is 0 Å². The first-order valence-electron chi connectivity index (χ1n) is 7.07. The van der Waals surface area contributed by atoms with Crippen molar-refractivity contribution in [2.24, 2.45) is 5.73 Å². The van der Waals surface area contributed by atoms with Crippen LogP contribution in [0.15, 0.2) is 0 Å². The van der Waals surface area contributed by atoms with Crippen molar-refractivity contribution in [2.45, 2.75) is 25.3 Å². The van der Waals surface area contributed by atoms with Gasteiger partial charge in [0.15, 0.2) is 0 Å². The first-order valence-corrected chi connectivity index (χ1v) is 7.07. The maximum absolute atomic E-state index is 11.6. The van der Waals surface area contributed by atoms with Crippen molar-refractivity contribution in [1.29, 1.82) is 0 Å². The number of likely N-dealkylation sites (tertiary alicyclic amines) is 1. The zero-order valence-electron chi connectivity index (χ0n) is 12.6. The van der Waals surface area contributed by atoms with Gasteiger partial charge < -0.3 is 21.1 Å². The Balaban J connectivity index is 2.13. The Kier molecular flexibility index (Phi) is 7.47. The smallest absolute Gasteiger partial charge is 0.246 e. The maximum atomic E-state index is 11.6. The minimum atomic E-state index is -0.794. The van der Waals surface area contributed by atoms with Crippen LogP contribution in [0.4, 0.5) is 0 Å². The number of amides is 4. The van der Waals surface area contributed by atoms with Crippen LogP contribution in [0.2, 0.25) is 0 Å². The van der Waals surface area contributed by atoms with E-state index in [-0.39, 0.29) is 50.1 Å². The number of nitrogens with zero attached hydrogens (tertiary/aromatic N) is 1. The van der Waals surface area contributed by atoms with Crippen molar-refractivity contribution in [3.63, 3.8) is 0 Å². The van der Waals surface area contributed by atoms with E-state index in [1.165, 1.54) is 7.11 Å². The largest absolute Gasteiger partial charge is 0.384 e. The topological polar surface area (TPSA) is 131 Å². The van der Waals surface area contributed by atoms with E-state index in [4.69, 9.17) is 10.5 Å². The lowest BCUT2D eigenvalue weighted by Gasteiger charge is -2.13. The standard InChI is InChI=1S/C13H22N4O5/c1-22-7-3-11(19)16-5-4-15-10(18)2-6-17-12(20)8-9(14)13(17)21/h9H,2-8,14H2,1H3,(H,15,18)(H,16,19). The Labute approximate surface area is 128 Å². The summed E-state index contributed by atoms with van der Waals surface area (Å²) in [4.78, 5) is 46.9. The van der Waals surface area contributed by atoms with Gasteiger partial charge in [0, 0.05) is 39.6 Å². The van der Waals surface area contributed by atoms with Crippen molar-refractivity contribution >= 4 is 23.6 Å². The first kappa shape index (κ1) is 18.1. The Bertz CT molecular complexity index is 440. The molecule has 22 heavy (non-hydrogen) atoms. The zero-order chi connectivity index (χ0) is 16.5. The van der Waals surface area contributed by atoms with Crippen molar-refractivity contribution < 1.29 is 23.9 Å². The van der Waals surface area contributed by atoms with Crippen LogP contribution >= 0.6 is 0 Å². The van der Waals surface area contributed by atoms with E-state index in [0.717, 1.165) is 4.90 Å². The van der Waals surface area contributed by atoms with Crippen LogP contribution in [-0.2, 0) is 23.9 Å². The summed E-state index contributed by atoms with van der Waals surface area (Å²) >= 11 is 0. The summed E-state index contributed by atoms with van der Waals surface area (Å²) in [6.45, 7) is 0.954. The molecule has 1 aliphatic heterocycles. The minimum Gasteiger partial charge on any atom is -0.384 e. The molecule has 0 aliphatic carbocycles. The second-order valence-corrected chi connectivity index (χ2v) is 4.89. The fourth-order valence-corrected chi connectivity index (χ4v) is 1.93. The van der Waals surface area contributed by atoms with Gasteiger partial charge in [0.2, 0.25) is 23.6 Å². The SMILES string of the molecule is COCCC(=O)NCCNC(=O)CCN1C(=O)CC(N)C1=O. The highest BCUT2D eigenvalue weighted by Gasteiger charge is 2.35. The molecule has 0 aromatic heterocycles. The van der Waals surface area contributed by atoms with Crippen LogP contribution < -0.4 is 16.4 Å². The van der Waals surface area contributed by atoms with Gasteiger partial charge in [-0.05, 0) is 0 Å². The van der Waals surface area contributed by atoms with Gasteiger partial charge in [-0.2, -0.15) is 0 Å². The number of carbonyl (C=O) groups is 4. The second-order valence-electron chi connectivity index (χ2n) is 4.89. The van der Waals surface area contributed by atoms with Crippen LogP contribution in [0.25, 0.3) is 0 Å². The number of imide groups is 1. The maximum Gasteiger partial charge on any atom is 0.246 e. The Morgan fingerprint density at radius 1 is 1.23 bits per heavy atom. The predicted octanol–water partition coefficient (Wildman–Crippen LogP) is -2.27. The summed E-state index contributed by atoms with van der Waals surface area (Å²) in [6, 6.07) is -0.794. The summed E-state index contributed by atoms with van der Waals surface area (Å²) < 4.78 is 4.76. The van der Waals surface area contributed by atoms with E-state index >= 15 is 0 Å². The summed E-state index contributed by atoms with van der Waals surface area (Å²) in [5, 5.41) is 5.21. The van der Waals surface area contributed by atoms with Gasteiger partial charge in [0.05, 0.1) is 19.1 Å². The molecule has 4 N–H and O–H groups in total. The minimum absolute atomic E-state index is 0.00599. The number of carbonyl (C=O) groups excluding carboxylic acids is 4. The van der Waals surface area contributed by atoms with E-state index in [9.17, 15) is 19.2 Å². The van der Waals surface area contributed by atoms with E-state index in [1.807, 2.05) is 0 Å². The van der Waals surface area contributed by atoms with E-state index < -0.39 is 11.9 Å². The molecular formula is C13H22N4O5. The Morgan fingerprint density at radius 3 is 2.32 bits per heavy atom. The molecule has 1 saturated heterocycles. The lowest BCUT2D eigenvalue weighted by Crippen LogP contribution is -2.39. The number of rotatable bonds is 9.